The fraction of sp³-hybridized carbons (Fsp3) is 0.586. The van der Waals surface area contributed by atoms with E-state index in [1.807, 2.05) is 7.11 Å². The lowest BCUT2D eigenvalue weighted by Crippen LogP contribution is -2.41. The van der Waals surface area contributed by atoms with E-state index in [1.54, 1.807) is 0 Å². The number of hydrogen-bond acceptors (Lipinski definition) is 3. The van der Waals surface area contributed by atoms with E-state index >= 15 is 0 Å². The van der Waals surface area contributed by atoms with Gasteiger partial charge in [-0.05, 0) is 88.6 Å². The maximum atomic E-state index is 5.96. The second-order valence-electron chi connectivity index (χ2n) is 10.4. The molecule has 2 saturated heterocycles. The van der Waals surface area contributed by atoms with E-state index in [1.165, 1.54) is 48.9 Å². The Morgan fingerprint density at radius 3 is 2.28 bits per heavy atom. The third-order valence-corrected chi connectivity index (χ3v) is 7.82. The van der Waals surface area contributed by atoms with Gasteiger partial charge in [0.2, 0.25) is 0 Å². The van der Waals surface area contributed by atoms with Crippen molar-refractivity contribution < 1.29 is 4.74 Å². The summed E-state index contributed by atoms with van der Waals surface area (Å²) in [5.74, 6) is 2.24. The van der Waals surface area contributed by atoms with Crippen molar-refractivity contribution in [1.82, 2.24) is 9.80 Å². The highest BCUT2D eigenvalue weighted by molar-refractivity contribution is 5.42. The topological polar surface area (TPSA) is 15.7 Å². The minimum atomic E-state index is 0.526. The summed E-state index contributed by atoms with van der Waals surface area (Å²) in [5.41, 5.74) is 4.30. The molecule has 3 nitrogen and oxygen atoms in total. The number of hydrogen-bond donors (Lipinski definition) is 0. The van der Waals surface area contributed by atoms with Gasteiger partial charge in [-0.3, -0.25) is 4.90 Å². The fourth-order valence-corrected chi connectivity index (χ4v) is 5.92. The zero-order valence-electron chi connectivity index (χ0n) is 20.8. The molecule has 4 rings (SSSR count). The summed E-state index contributed by atoms with van der Waals surface area (Å²) in [7, 11) is 1.85. The van der Waals surface area contributed by atoms with Crippen molar-refractivity contribution in [1.29, 1.82) is 0 Å². The van der Waals surface area contributed by atoms with Gasteiger partial charge < -0.3 is 9.64 Å². The number of likely N-dealkylation sites (tertiary alicyclic amines) is 2. The van der Waals surface area contributed by atoms with Crippen LogP contribution in [0, 0.1) is 0 Å². The van der Waals surface area contributed by atoms with Crippen molar-refractivity contribution in [3.8, 4) is 5.75 Å². The lowest BCUT2D eigenvalue weighted by Gasteiger charge is -2.43. The molecule has 2 aliphatic rings. The maximum absolute atomic E-state index is 5.96. The number of methoxy groups -OCH3 is 1. The van der Waals surface area contributed by atoms with E-state index in [2.05, 4.69) is 86.0 Å². The lowest BCUT2D eigenvalue weighted by molar-refractivity contribution is 0.0980. The SMILES string of the molecule is COc1cc(C2CCC(c3ccccc3)N(C(C)C)C2)ccc1C1CCCN(C(C)C)C1. The molecule has 2 fully saturated rings. The van der Waals surface area contributed by atoms with Gasteiger partial charge in [0, 0.05) is 37.1 Å². The van der Waals surface area contributed by atoms with Gasteiger partial charge in [0.25, 0.3) is 0 Å². The third kappa shape index (κ3) is 5.05. The van der Waals surface area contributed by atoms with Gasteiger partial charge in [0.05, 0.1) is 7.11 Å². The molecule has 0 spiro atoms. The van der Waals surface area contributed by atoms with Gasteiger partial charge in [-0.15, -0.1) is 0 Å². The van der Waals surface area contributed by atoms with E-state index in [0.29, 0.717) is 30.0 Å². The Kier molecular flexibility index (Phi) is 7.58. The largest absolute Gasteiger partial charge is 0.496 e. The smallest absolute Gasteiger partial charge is 0.122 e. The quantitative estimate of drug-likeness (QED) is 0.508. The molecule has 2 heterocycles. The molecule has 0 bridgehead atoms. The van der Waals surface area contributed by atoms with Crippen molar-refractivity contribution in [2.45, 2.75) is 83.3 Å². The molecule has 0 saturated carbocycles. The summed E-state index contributed by atoms with van der Waals surface area (Å²) >= 11 is 0. The number of benzene rings is 2. The van der Waals surface area contributed by atoms with E-state index in [-0.39, 0.29) is 0 Å². The summed E-state index contributed by atoms with van der Waals surface area (Å²) < 4.78 is 5.96. The number of nitrogens with zero attached hydrogens (tertiary/aromatic N) is 2. The van der Waals surface area contributed by atoms with Crippen LogP contribution < -0.4 is 4.74 Å². The first-order valence-electron chi connectivity index (χ1n) is 12.7. The van der Waals surface area contributed by atoms with E-state index in [4.69, 9.17) is 4.74 Å². The van der Waals surface area contributed by atoms with Gasteiger partial charge in [-0.25, -0.2) is 0 Å². The molecule has 0 radical (unpaired) electrons. The summed E-state index contributed by atoms with van der Waals surface area (Å²) in [4.78, 5) is 5.32. The van der Waals surface area contributed by atoms with Gasteiger partial charge in [0.15, 0.2) is 0 Å². The van der Waals surface area contributed by atoms with Crippen LogP contribution in [-0.4, -0.2) is 48.6 Å². The average Bonchev–Trinajstić information content (AvgIpc) is 2.83. The van der Waals surface area contributed by atoms with E-state index in [0.717, 1.165) is 18.8 Å². The molecule has 2 aliphatic heterocycles. The highest BCUT2D eigenvalue weighted by Crippen LogP contribution is 2.41. The molecule has 3 heteroatoms. The van der Waals surface area contributed by atoms with Crippen LogP contribution in [0.3, 0.4) is 0 Å². The molecule has 2 aromatic rings. The Hall–Kier alpha value is -1.84. The van der Waals surface area contributed by atoms with E-state index < -0.39 is 0 Å². The number of piperidine rings is 2. The molecule has 3 atom stereocenters. The highest BCUT2D eigenvalue weighted by atomic mass is 16.5. The molecule has 0 N–H and O–H groups in total. The summed E-state index contributed by atoms with van der Waals surface area (Å²) in [6.07, 6.45) is 4.99. The van der Waals surface area contributed by atoms with Crippen LogP contribution in [0.4, 0.5) is 0 Å². The standard InChI is InChI=1S/C29H42N2O/c1-21(2)30-17-9-12-26(19-30)27-15-13-24(18-29(27)32-5)25-14-16-28(31(20-25)22(3)4)23-10-7-6-8-11-23/h6-8,10-11,13,15,18,21-22,25-26,28H,9,12,14,16-17,19-20H2,1-5H3. The molecular weight excluding hydrogens is 392 g/mol. The van der Waals surface area contributed by atoms with E-state index in [9.17, 15) is 0 Å². The fourth-order valence-electron chi connectivity index (χ4n) is 5.92. The molecule has 2 aromatic carbocycles. The second kappa shape index (κ2) is 10.4. The zero-order valence-corrected chi connectivity index (χ0v) is 20.8. The molecule has 0 aromatic heterocycles. The van der Waals surface area contributed by atoms with Crippen LogP contribution >= 0.6 is 0 Å². The van der Waals surface area contributed by atoms with Gasteiger partial charge in [-0.1, -0.05) is 42.5 Å². The van der Waals surface area contributed by atoms with Gasteiger partial charge in [-0.2, -0.15) is 0 Å². The highest BCUT2D eigenvalue weighted by Gasteiger charge is 2.32. The Morgan fingerprint density at radius 1 is 0.812 bits per heavy atom. The Bertz CT molecular complexity index is 863. The van der Waals surface area contributed by atoms with Crippen molar-refractivity contribution in [3.63, 3.8) is 0 Å². The lowest BCUT2D eigenvalue weighted by atomic mass is 9.82. The number of rotatable bonds is 6. The van der Waals surface area contributed by atoms with Crippen molar-refractivity contribution >= 4 is 0 Å². The molecular formula is C29H42N2O. The molecule has 174 valence electrons. The van der Waals surface area contributed by atoms with Crippen LogP contribution in [0.15, 0.2) is 48.5 Å². The Labute approximate surface area is 195 Å². The van der Waals surface area contributed by atoms with Crippen LogP contribution in [0.2, 0.25) is 0 Å². The monoisotopic (exact) mass is 434 g/mol. The predicted molar refractivity (Wildman–Crippen MR) is 135 cm³/mol. The molecule has 3 unspecified atom stereocenters. The van der Waals surface area contributed by atoms with Crippen molar-refractivity contribution in [2.24, 2.45) is 0 Å². The molecule has 0 aliphatic carbocycles. The summed E-state index contributed by atoms with van der Waals surface area (Å²) in [6, 6.07) is 19.9. The summed E-state index contributed by atoms with van der Waals surface area (Å²) in [6.45, 7) is 12.8. The van der Waals surface area contributed by atoms with Crippen LogP contribution in [0.25, 0.3) is 0 Å². The minimum Gasteiger partial charge on any atom is -0.496 e. The Balaban J connectivity index is 1.53. The number of ether oxygens (including phenoxy) is 1. The third-order valence-electron chi connectivity index (χ3n) is 7.82. The average molecular weight is 435 g/mol. The Morgan fingerprint density at radius 2 is 1.59 bits per heavy atom. The van der Waals surface area contributed by atoms with Crippen LogP contribution in [0.5, 0.6) is 5.75 Å². The normalized spacial score (nSPS) is 25.4. The summed E-state index contributed by atoms with van der Waals surface area (Å²) in [5, 5.41) is 0. The second-order valence-corrected chi connectivity index (χ2v) is 10.4. The van der Waals surface area contributed by atoms with Crippen LogP contribution in [-0.2, 0) is 0 Å². The first-order chi connectivity index (χ1) is 15.5. The first-order valence-corrected chi connectivity index (χ1v) is 12.7. The van der Waals surface area contributed by atoms with Gasteiger partial charge >= 0.3 is 0 Å². The van der Waals surface area contributed by atoms with Gasteiger partial charge in [0.1, 0.15) is 5.75 Å². The maximum Gasteiger partial charge on any atom is 0.122 e. The minimum absolute atomic E-state index is 0.526. The van der Waals surface area contributed by atoms with Crippen molar-refractivity contribution in [3.05, 3.63) is 65.2 Å². The zero-order chi connectivity index (χ0) is 22.7. The van der Waals surface area contributed by atoms with Crippen molar-refractivity contribution in [2.75, 3.05) is 26.7 Å². The predicted octanol–water partition coefficient (Wildman–Crippen LogP) is 6.61. The molecule has 0 amide bonds. The van der Waals surface area contributed by atoms with Crippen LogP contribution in [0.1, 0.15) is 87.9 Å². The first kappa shape index (κ1) is 23.3. The molecule has 32 heavy (non-hydrogen) atoms.